The number of aromatic nitrogens is 4. The number of amides is 1. The van der Waals surface area contributed by atoms with Gasteiger partial charge in [0.25, 0.3) is 11.6 Å². The molecule has 0 spiro atoms. The third kappa shape index (κ3) is 3.70. The van der Waals surface area contributed by atoms with Crippen molar-refractivity contribution in [3.05, 3.63) is 46.5 Å². The fraction of sp³-hybridized carbons (Fsp3) is 0.188. The number of nitro groups is 1. The number of hydrogen-bond acceptors (Lipinski definition) is 9. The SMILES string of the molecule is CNc1ccc([N+](=O)[O-])cc1C(=O)OC(C)C(=O)Nc1ncnc2nc[nH]c12. The number of ether oxygens (including phenoxy) is 1. The van der Waals surface area contributed by atoms with E-state index in [1.165, 1.54) is 31.7 Å². The molecule has 0 aliphatic heterocycles. The molecule has 1 atom stereocenters. The average Bonchev–Trinajstić information content (AvgIpc) is 3.17. The van der Waals surface area contributed by atoms with E-state index >= 15 is 0 Å². The summed E-state index contributed by atoms with van der Waals surface area (Å²) in [4.78, 5) is 49.8. The highest BCUT2D eigenvalue weighted by Gasteiger charge is 2.23. The minimum absolute atomic E-state index is 0.0608. The molecule has 28 heavy (non-hydrogen) atoms. The smallest absolute Gasteiger partial charge is 0.341 e. The van der Waals surface area contributed by atoms with Crippen molar-refractivity contribution >= 4 is 40.2 Å². The van der Waals surface area contributed by atoms with E-state index in [-0.39, 0.29) is 17.1 Å². The van der Waals surface area contributed by atoms with Gasteiger partial charge in [0.15, 0.2) is 17.6 Å². The van der Waals surface area contributed by atoms with Gasteiger partial charge < -0.3 is 20.4 Å². The number of aromatic amines is 1. The van der Waals surface area contributed by atoms with Crippen molar-refractivity contribution in [2.45, 2.75) is 13.0 Å². The van der Waals surface area contributed by atoms with E-state index in [0.717, 1.165) is 6.07 Å². The van der Waals surface area contributed by atoms with E-state index in [2.05, 4.69) is 30.6 Å². The number of non-ortho nitro benzene ring substituents is 1. The summed E-state index contributed by atoms with van der Waals surface area (Å²) < 4.78 is 5.16. The van der Waals surface area contributed by atoms with E-state index in [9.17, 15) is 19.7 Å². The predicted molar refractivity (Wildman–Crippen MR) is 97.8 cm³/mol. The normalized spacial score (nSPS) is 11.6. The second-order valence-electron chi connectivity index (χ2n) is 5.60. The summed E-state index contributed by atoms with van der Waals surface area (Å²) in [6, 6.07) is 3.72. The van der Waals surface area contributed by atoms with Crippen LogP contribution in [0.15, 0.2) is 30.9 Å². The first kappa shape index (κ1) is 18.7. The number of hydrogen-bond donors (Lipinski definition) is 3. The topological polar surface area (TPSA) is 165 Å². The summed E-state index contributed by atoms with van der Waals surface area (Å²) in [6.45, 7) is 1.37. The first-order valence-corrected chi connectivity index (χ1v) is 8.02. The molecule has 0 aliphatic rings. The molecule has 12 nitrogen and oxygen atoms in total. The summed E-state index contributed by atoms with van der Waals surface area (Å²) >= 11 is 0. The van der Waals surface area contributed by atoms with Crippen molar-refractivity contribution in [3.63, 3.8) is 0 Å². The zero-order chi connectivity index (χ0) is 20.3. The fourth-order valence-electron chi connectivity index (χ4n) is 2.39. The molecule has 3 N–H and O–H groups in total. The van der Waals surface area contributed by atoms with Gasteiger partial charge in [-0.05, 0) is 13.0 Å². The molecular weight excluding hydrogens is 370 g/mol. The van der Waals surface area contributed by atoms with Crippen molar-refractivity contribution in [1.29, 1.82) is 0 Å². The van der Waals surface area contributed by atoms with Crippen LogP contribution in [0.3, 0.4) is 0 Å². The minimum Gasteiger partial charge on any atom is -0.449 e. The summed E-state index contributed by atoms with van der Waals surface area (Å²) in [5, 5.41) is 16.2. The molecular formula is C16H15N7O5. The van der Waals surface area contributed by atoms with Crippen LogP contribution >= 0.6 is 0 Å². The number of nitro benzene ring substituents is 1. The fourth-order valence-corrected chi connectivity index (χ4v) is 2.39. The number of imidazole rings is 1. The lowest BCUT2D eigenvalue weighted by atomic mass is 10.1. The summed E-state index contributed by atoms with van der Waals surface area (Å²) in [5.41, 5.74) is 0.786. The highest BCUT2D eigenvalue weighted by molar-refractivity contribution is 6.02. The Balaban J connectivity index is 1.75. The van der Waals surface area contributed by atoms with Crippen LogP contribution in [0.1, 0.15) is 17.3 Å². The molecule has 0 saturated heterocycles. The summed E-state index contributed by atoms with van der Waals surface area (Å²) in [7, 11) is 1.55. The van der Waals surface area contributed by atoms with Gasteiger partial charge in [0, 0.05) is 24.9 Å². The molecule has 0 aliphatic carbocycles. The van der Waals surface area contributed by atoms with Gasteiger partial charge in [0.05, 0.1) is 16.8 Å². The summed E-state index contributed by atoms with van der Waals surface area (Å²) in [5.74, 6) is -1.34. The molecule has 12 heteroatoms. The Morgan fingerprint density at radius 3 is 2.79 bits per heavy atom. The number of fused-ring (bicyclic) bond motifs is 1. The van der Waals surface area contributed by atoms with E-state index in [4.69, 9.17) is 4.74 Å². The number of rotatable bonds is 6. The van der Waals surface area contributed by atoms with Crippen LogP contribution in [0.4, 0.5) is 17.2 Å². The highest BCUT2D eigenvalue weighted by Crippen LogP contribution is 2.23. The Kier molecular flexibility index (Phi) is 5.11. The first-order valence-electron chi connectivity index (χ1n) is 8.02. The van der Waals surface area contributed by atoms with Crippen molar-refractivity contribution in [3.8, 4) is 0 Å². The van der Waals surface area contributed by atoms with Crippen LogP contribution in [-0.4, -0.2) is 49.9 Å². The molecule has 0 saturated carbocycles. The second kappa shape index (κ2) is 7.65. The number of nitrogens with one attached hydrogen (secondary N) is 3. The number of anilines is 2. The maximum atomic E-state index is 12.4. The van der Waals surface area contributed by atoms with Crippen LogP contribution in [0.2, 0.25) is 0 Å². The van der Waals surface area contributed by atoms with Crippen molar-refractivity contribution in [2.75, 3.05) is 17.7 Å². The van der Waals surface area contributed by atoms with Gasteiger partial charge in [-0.25, -0.2) is 19.7 Å². The van der Waals surface area contributed by atoms with Crippen LogP contribution in [0.5, 0.6) is 0 Å². The van der Waals surface area contributed by atoms with Gasteiger partial charge in [-0.3, -0.25) is 14.9 Å². The molecule has 0 fully saturated rings. The third-order valence-corrected chi connectivity index (χ3v) is 3.82. The van der Waals surface area contributed by atoms with Crippen molar-refractivity contribution in [1.82, 2.24) is 19.9 Å². The molecule has 1 amide bonds. The Morgan fingerprint density at radius 1 is 1.29 bits per heavy atom. The van der Waals surface area contributed by atoms with Gasteiger partial charge in [0.2, 0.25) is 0 Å². The third-order valence-electron chi connectivity index (χ3n) is 3.82. The van der Waals surface area contributed by atoms with Gasteiger partial charge in [0.1, 0.15) is 11.8 Å². The van der Waals surface area contributed by atoms with Gasteiger partial charge in [-0.2, -0.15) is 0 Å². The van der Waals surface area contributed by atoms with Crippen molar-refractivity contribution < 1.29 is 19.2 Å². The monoisotopic (exact) mass is 385 g/mol. The minimum atomic E-state index is -1.19. The molecule has 1 unspecified atom stereocenters. The highest BCUT2D eigenvalue weighted by atomic mass is 16.6. The van der Waals surface area contributed by atoms with Gasteiger partial charge in [-0.1, -0.05) is 0 Å². The van der Waals surface area contributed by atoms with Gasteiger partial charge in [-0.15, -0.1) is 0 Å². The molecule has 2 heterocycles. The van der Waals surface area contributed by atoms with E-state index in [1.54, 1.807) is 7.05 Å². The van der Waals surface area contributed by atoms with Crippen molar-refractivity contribution in [2.24, 2.45) is 0 Å². The molecule has 1 aromatic carbocycles. The van der Waals surface area contributed by atoms with Gasteiger partial charge >= 0.3 is 5.97 Å². The Morgan fingerprint density at radius 2 is 2.07 bits per heavy atom. The largest absolute Gasteiger partial charge is 0.449 e. The standard InChI is InChI=1S/C16H15N7O5/c1-8(15(24)22-14-12-13(19-6-18-12)20-7-21-14)28-16(25)10-5-9(23(26)27)3-4-11(10)17-2/h3-8,17H,1-2H3,(H2,18,19,20,21,22,24). The molecule has 2 aromatic heterocycles. The van der Waals surface area contributed by atoms with E-state index in [0.29, 0.717) is 16.9 Å². The molecule has 3 aromatic rings. The molecule has 0 radical (unpaired) electrons. The Labute approximate surface area is 157 Å². The summed E-state index contributed by atoms with van der Waals surface area (Å²) in [6.07, 6.45) is 1.45. The average molecular weight is 385 g/mol. The molecule has 0 bridgehead atoms. The van der Waals surface area contributed by atoms with Crippen LogP contribution in [-0.2, 0) is 9.53 Å². The first-order chi connectivity index (χ1) is 13.4. The quantitative estimate of drug-likeness (QED) is 0.324. The number of carbonyl (C=O) groups excluding carboxylic acids is 2. The number of carbonyl (C=O) groups is 2. The van der Waals surface area contributed by atoms with Crippen LogP contribution in [0, 0.1) is 10.1 Å². The molecule has 144 valence electrons. The maximum Gasteiger partial charge on any atom is 0.341 e. The van der Waals surface area contributed by atoms with E-state index in [1.807, 2.05) is 0 Å². The van der Waals surface area contributed by atoms with Crippen LogP contribution in [0.25, 0.3) is 11.2 Å². The Hall–Kier alpha value is -4.09. The molecule has 3 rings (SSSR count). The zero-order valence-corrected chi connectivity index (χ0v) is 14.8. The number of benzene rings is 1. The number of H-pyrrole nitrogens is 1. The lowest BCUT2D eigenvalue weighted by Gasteiger charge is -2.14. The second-order valence-corrected chi connectivity index (χ2v) is 5.60. The maximum absolute atomic E-state index is 12.4. The van der Waals surface area contributed by atoms with Crippen LogP contribution < -0.4 is 10.6 Å². The number of esters is 1. The predicted octanol–water partition coefficient (Wildman–Crippen LogP) is 1.49. The zero-order valence-electron chi connectivity index (χ0n) is 14.8. The lowest BCUT2D eigenvalue weighted by molar-refractivity contribution is -0.384. The lowest BCUT2D eigenvalue weighted by Crippen LogP contribution is -2.30. The number of nitrogens with zero attached hydrogens (tertiary/aromatic N) is 4. The van der Waals surface area contributed by atoms with E-state index < -0.39 is 22.9 Å². The Bertz CT molecular complexity index is 1060.